The fourth-order valence-electron chi connectivity index (χ4n) is 1.29. The number of aliphatic carboxylic acids is 1. The minimum atomic E-state index is -0.935. The van der Waals surface area contributed by atoms with Crippen LogP contribution in [0, 0.1) is 0 Å². The second-order valence-corrected chi connectivity index (χ2v) is 4.73. The molecule has 2 amide bonds. The quantitative estimate of drug-likeness (QED) is 0.732. The predicted molar refractivity (Wildman–Crippen MR) is 68.7 cm³/mol. The highest BCUT2D eigenvalue weighted by atomic mass is 32.1. The lowest BCUT2D eigenvalue weighted by Crippen LogP contribution is -2.38. The van der Waals surface area contributed by atoms with Gasteiger partial charge in [-0.05, 0) is 13.3 Å². The summed E-state index contributed by atoms with van der Waals surface area (Å²) < 4.78 is 0. The lowest BCUT2D eigenvalue weighted by atomic mass is 10.2. The summed E-state index contributed by atoms with van der Waals surface area (Å²) in [6.45, 7) is 3.98. The molecule has 6 nitrogen and oxygen atoms in total. The van der Waals surface area contributed by atoms with Crippen molar-refractivity contribution in [1.82, 2.24) is 15.6 Å². The van der Waals surface area contributed by atoms with Crippen molar-refractivity contribution in [3.8, 4) is 0 Å². The van der Waals surface area contributed by atoms with Crippen LogP contribution in [0.2, 0.25) is 0 Å². The molecule has 1 atom stereocenters. The van der Waals surface area contributed by atoms with Crippen LogP contribution in [0.3, 0.4) is 0 Å². The highest BCUT2D eigenvalue weighted by molar-refractivity contribution is 7.09. The molecule has 1 aromatic rings. The van der Waals surface area contributed by atoms with Gasteiger partial charge in [-0.1, -0.05) is 6.92 Å². The third kappa shape index (κ3) is 4.70. The molecule has 0 saturated carbocycles. The van der Waals surface area contributed by atoms with Crippen LogP contribution in [0.25, 0.3) is 0 Å². The maximum atomic E-state index is 11.4. The van der Waals surface area contributed by atoms with Gasteiger partial charge in [0.2, 0.25) is 0 Å². The van der Waals surface area contributed by atoms with Gasteiger partial charge in [0.25, 0.3) is 0 Å². The average Bonchev–Trinajstić information content (AvgIpc) is 2.76. The molecule has 0 aliphatic heterocycles. The van der Waals surface area contributed by atoms with Crippen LogP contribution in [0.5, 0.6) is 0 Å². The van der Waals surface area contributed by atoms with Crippen molar-refractivity contribution in [2.24, 2.45) is 0 Å². The van der Waals surface area contributed by atoms with Gasteiger partial charge in [-0.15, -0.1) is 11.3 Å². The number of carbonyl (C=O) groups is 2. The molecule has 0 aliphatic carbocycles. The summed E-state index contributed by atoms with van der Waals surface area (Å²) in [6.07, 6.45) is 0.792. The summed E-state index contributed by atoms with van der Waals surface area (Å²) in [5.74, 6) is -0.935. The maximum absolute atomic E-state index is 11.4. The normalized spacial score (nSPS) is 11.9. The topological polar surface area (TPSA) is 91.3 Å². The number of aryl methyl sites for hydroxylation is 1. The van der Waals surface area contributed by atoms with E-state index < -0.39 is 5.97 Å². The van der Waals surface area contributed by atoms with E-state index in [1.54, 1.807) is 11.3 Å². The molecule has 0 radical (unpaired) electrons. The van der Waals surface area contributed by atoms with Crippen molar-refractivity contribution in [2.75, 3.05) is 6.54 Å². The zero-order valence-electron chi connectivity index (χ0n) is 10.4. The van der Waals surface area contributed by atoms with E-state index in [-0.39, 0.29) is 25.0 Å². The molecule has 1 rings (SSSR count). The number of hydrogen-bond donors (Lipinski definition) is 3. The number of aromatic nitrogens is 1. The molecule has 1 unspecified atom stereocenters. The Bertz CT molecular complexity index is 419. The lowest BCUT2D eigenvalue weighted by molar-refractivity contribution is -0.136. The summed E-state index contributed by atoms with van der Waals surface area (Å²) in [5, 5.41) is 16.6. The lowest BCUT2D eigenvalue weighted by Gasteiger charge is -2.12. The molecular weight excluding hydrogens is 254 g/mol. The number of rotatable bonds is 6. The molecule has 1 heterocycles. The largest absolute Gasteiger partial charge is 0.481 e. The Hall–Kier alpha value is -1.63. The zero-order valence-corrected chi connectivity index (χ0v) is 11.2. The fourth-order valence-corrected chi connectivity index (χ4v) is 2.13. The molecule has 3 N–H and O–H groups in total. The van der Waals surface area contributed by atoms with E-state index in [0.29, 0.717) is 0 Å². The number of carbonyl (C=O) groups excluding carboxylic acids is 1. The van der Waals surface area contributed by atoms with Gasteiger partial charge in [0.1, 0.15) is 0 Å². The molecular formula is C11H17N3O3S. The van der Waals surface area contributed by atoms with Crippen molar-refractivity contribution >= 4 is 23.3 Å². The minimum Gasteiger partial charge on any atom is -0.481 e. The van der Waals surface area contributed by atoms with Gasteiger partial charge < -0.3 is 15.7 Å². The van der Waals surface area contributed by atoms with Crippen LogP contribution in [-0.4, -0.2) is 28.6 Å². The van der Waals surface area contributed by atoms with Gasteiger partial charge in [-0.25, -0.2) is 9.78 Å². The zero-order chi connectivity index (χ0) is 13.5. The maximum Gasteiger partial charge on any atom is 0.315 e. The molecule has 1 aromatic heterocycles. The number of carboxylic acid groups (broad SMARTS) is 1. The molecule has 0 aromatic carbocycles. The molecule has 0 aliphatic rings. The van der Waals surface area contributed by atoms with E-state index in [9.17, 15) is 9.59 Å². The van der Waals surface area contributed by atoms with E-state index in [4.69, 9.17) is 5.11 Å². The summed E-state index contributed by atoms with van der Waals surface area (Å²) in [5.41, 5.74) is 0.824. The van der Waals surface area contributed by atoms with Crippen LogP contribution in [-0.2, 0) is 11.2 Å². The Morgan fingerprint density at radius 2 is 2.28 bits per heavy atom. The Labute approximate surface area is 109 Å². The van der Waals surface area contributed by atoms with Crippen LogP contribution in [0.1, 0.15) is 37.0 Å². The first-order valence-electron chi connectivity index (χ1n) is 5.73. The van der Waals surface area contributed by atoms with Crippen LogP contribution < -0.4 is 10.6 Å². The number of amides is 2. The first-order valence-corrected chi connectivity index (χ1v) is 6.61. The van der Waals surface area contributed by atoms with E-state index in [2.05, 4.69) is 15.6 Å². The molecule has 0 bridgehead atoms. The highest BCUT2D eigenvalue weighted by Gasteiger charge is 2.12. The Kier molecular flexibility index (Phi) is 5.57. The smallest absolute Gasteiger partial charge is 0.315 e. The number of thiazole rings is 1. The number of carboxylic acids is 1. The van der Waals surface area contributed by atoms with Gasteiger partial charge in [-0.3, -0.25) is 4.79 Å². The van der Waals surface area contributed by atoms with E-state index >= 15 is 0 Å². The summed E-state index contributed by atoms with van der Waals surface area (Å²) >= 11 is 1.57. The first-order chi connectivity index (χ1) is 8.52. The van der Waals surface area contributed by atoms with Crippen LogP contribution in [0.15, 0.2) is 5.38 Å². The van der Waals surface area contributed by atoms with Crippen molar-refractivity contribution in [3.05, 3.63) is 16.1 Å². The summed E-state index contributed by atoms with van der Waals surface area (Å²) in [6, 6.07) is -0.568. The van der Waals surface area contributed by atoms with E-state index in [0.717, 1.165) is 17.1 Å². The Morgan fingerprint density at radius 1 is 1.56 bits per heavy atom. The third-order valence-electron chi connectivity index (χ3n) is 2.29. The standard InChI is InChI=1S/C11H17N3O3S/c1-3-9-14-8(6-18-9)7(2)13-11(17)12-5-4-10(15)16/h6-7H,3-5H2,1-2H3,(H,15,16)(H2,12,13,17). The van der Waals surface area contributed by atoms with E-state index in [1.165, 1.54) is 0 Å². The van der Waals surface area contributed by atoms with Crippen LogP contribution >= 0.6 is 11.3 Å². The van der Waals surface area contributed by atoms with Gasteiger partial charge in [-0.2, -0.15) is 0 Å². The van der Waals surface area contributed by atoms with Crippen LogP contribution in [0.4, 0.5) is 4.79 Å². The van der Waals surface area contributed by atoms with Gasteiger partial charge in [0, 0.05) is 11.9 Å². The number of nitrogens with zero attached hydrogens (tertiary/aromatic N) is 1. The molecule has 0 saturated heterocycles. The molecule has 100 valence electrons. The number of nitrogens with one attached hydrogen (secondary N) is 2. The third-order valence-corrected chi connectivity index (χ3v) is 3.30. The van der Waals surface area contributed by atoms with Gasteiger partial charge in [0.05, 0.1) is 23.2 Å². The average molecular weight is 271 g/mol. The SMILES string of the molecule is CCc1nc(C(C)NC(=O)NCCC(=O)O)cs1. The van der Waals surface area contributed by atoms with Crippen molar-refractivity contribution in [3.63, 3.8) is 0 Å². The fraction of sp³-hybridized carbons (Fsp3) is 0.545. The van der Waals surface area contributed by atoms with Gasteiger partial charge >= 0.3 is 12.0 Å². The summed E-state index contributed by atoms with van der Waals surface area (Å²) in [4.78, 5) is 26.1. The summed E-state index contributed by atoms with van der Waals surface area (Å²) in [7, 11) is 0. The van der Waals surface area contributed by atoms with Crippen molar-refractivity contribution in [2.45, 2.75) is 32.7 Å². The minimum absolute atomic E-state index is 0.0848. The molecule has 7 heteroatoms. The number of urea groups is 1. The second-order valence-electron chi connectivity index (χ2n) is 3.79. The number of hydrogen-bond acceptors (Lipinski definition) is 4. The molecule has 0 spiro atoms. The first kappa shape index (κ1) is 14.4. The predicted octanol–water partition coefficient (Wildman–Crippen LogP) is 1.54. The van der Waals surface area contributed by atoms with Crippen molar-refractivity contribution < 1.29 is 14.7 Å². The van der Waals surface area contributed by atoms with Gasteiger partial charge in [0.15, 0.2) is 0 Å². The highest BCUT2D eigenvalue weighted by Crippen LogP contribution is 2.16. The van der Waals surface area contributed by atoms with Crippen molar-refractivity contribution in [1.29, 1.82) is 0 Å². The van der Waals surface area contributed by atoms with E-state index in [1.807, 2.05) is 19.2 Å². The second kappa shape index (κ2) is 6.95. The Balaban J connectivity index is 2.37. The molecule has 0 fully saturated rings. The monoisotopic (exact) mass is 271 g/mol. The molecule has 18 heavy (non-hydrogen) atoms. The Morgan fingerprint density at radius 3 is 2.83 bits per heavy atom.